The minimum Gasteiger partial charge on any atom is -0.338 e. The summed E-state index contributed by atoms with van der Waals surface area (Å²) >= 11 is 0. The Balaban J connectivity index is 1.79. The van der Waals surface area contributed by atoms with Crippen LogP contribution < -0.4 is 10.6 Å². The lowest BCUT2D eigenvalue weighted by atomic mass is 10.1. The summed E-state index contributed by atoms with van der Waals surface area (Å²) in [5.41, 5.74) is 0. The van der Waals surface area contributed by atoms with E-state index in [-0.39, 0.29) is 30.4 Å². The molecule has 0 aromatic rings. The molecule has 118 valence electrons. The SMILES string of the molecule is CCCN(C(=O)CCCN1C(=O)CNC1=O)C1CCNC1. The predicted molar refractivity (Wildman–Crippen MR) is 77.6 cm³/mol. The summed E-state index contributed by atoms with van der Waals surface area (Å²) in [6.07, 6.45) is 2.85. The van der Waals surface area contributed by atoms with Crippen molar-refractivity contribution in [3.63, 3.8) is 0 Å². The fourth-order valence-corrected chi connectivity index (χ4v) is 2.87. The average molecular weight is 296 g/mol. The molecule has 4 amide bonds. The van der Waals surface area contributed by atoms with E-state index in [0.29, 0.717) is 19.4 Å². The van der Waals surface area contributed by atoms with Gasteiger partial charge in [0.1, 0.15) is 0 Å². The first-order chi connectivity index (χ1) is 10.1. The Kier molecular flexibility index (Phi) is 5.55. The third kappa shape index (κ3) is 3.93. The zero-order valence-electron chi connectivity index (χ0n) is 12.6. The van der Waals surface area contributed by atoms with Crippen molar-refractivity contribution in [3.05, 3.63) is 0 Å². The van der Waals surface area contributed by atoms with Gasteiger partial charge in [0.25, 0.3) is 0 Å². The second-order valence-corrected chi connectivity index (χ2v) is 5.54. The van der Waals surface area contributed by atoms with E-state index in [4.69, 9.17) is 0 Å². The van der Waals surface area contributed by atoms with E-state index in [2.05, 4.69) is 17.6 Å². The summed E-state index contributed by atoms with van der Waals surface area (Å²) in [7, 11) is 0. The molecule has 2 rings (SSSR count). The number of imide groups is 1. The highest BCUT2D eigenvalue weighted by atomic mass is 16.2. The van der Waals surface area contributed by atoms with Crippen LogP contribution >= 0.6 is 0 Å². The van der Waals surface area contributed by atoms with Crippen LogP contribution in [0.3, 0.4) is 0 Å². The summed E-state index contributed by atoms with van der Waals surface area (Å²) in [6, 6.07) is -0.0629. The average Bonchev–Trinajstić information content (AvgIpc) is 3.09. The van der Waals surface area contributed by atoms with Crippen LogP contribution in [-0.2, 0) is 9.59 Å². The first kappa shape index (κ1) is 15.8. The van der Waals surface area contributed by atoms with Gasteiger partial charge in [0.15, 0.2) is 0 Å². The summed E-state index contributed by atoms with van der Waals surface area (Å²) in [6.45, 7) is 5.05. The Morgan fingerprint density at radius 3 is 2.81 bits per heavy atom. The van der Waals surface area contributed by atoms with Crippen molar-refractivity contribution < 1.29 is 14.4 Å². The second kappa shape index (κ2) is 7.40. The normalized spacial score (nSPS) is 21.8. The maximum Gasteiger partial charge on any atom is 0.324 e. The van der Waals surface area contributed by atoms with Crippen molar-refractivity contribution >= 4 is 17.8 Å². The second-order valence-electron chi connectivity index (χ2n) is 5.54. The Hall–Kier alpha value is -1.63. The molecular weight excluding hydrogens is 272 g/mol. The maximum atomic E-state index is 12.4. The molecule has 2 aliphatic heterocycles. The number of hydrogen-bond acceptors (Lipinski definition) is 4. The number of hydrogen-bond donors (Lipinski definition) is 2. The van der Waals surface area contributed by atoms with E-state index in [1.54, 1.807) is 0 Å². The molecule has 0 saturated carbocycles. The fraction of sp³-hybridized carbons (Fsp3) is 0.786. The number of rotatable bonds is 7. The minimum atomic E-state index is -0.349. The number of nitrogens with one attached hydrogen (secondary N) is 2. The van der Waals surface area contributed by atoms with Crippen LogP contribution in [0.15, 0.2) is 0 Å². The molecule has 1 atom stereocenters. The zero-order chi connectivity index (χ0) is 15.2. The van der Waals surface area contributed by atoms with Crippen LogP contribution in [-0.4, -0.2) is 66.4 Å². The largest absolute Gasteiger partial charge is 0.338 e. The van der Waals surface area contributed by atoms with Crippen LogP contribution in [0.1, 0.15) is 32.6 Å². The van der Waals surface area contributed by atoms with Crippen LogP contribution in [0.4, 0.5) is 4.79 Å². The number of amides is 4. The molecule has 0 bridgehead atoms. The van der Waals surface area contributed by atoms with Gasteiger partial charge >= 0.3 is 6.03 Å². The van der Waals surface area contributed by atoms with E-state index in [9.17, 15) is 14.4 Å². The van der Waals surface area contributed by atoms with Crippen LogP contribution in [0.5, 0.6) is 0 Å². The van der Waals surface area contributed by atoms with Gasteiger partial charge in [-0.2, -0.15) is 0 Å². The number of urea groups is 1. The Morgan fingerprint density at radius 2 is 2.24 bits per heavy atom. The first-order valence-electron chi connectivity index (χ1n) is 7.72. The summed E-state index contributed by atoms with van der Waals surface area (Å²) in [4.78, 5) is 38.3. The van der Waals surface area contributed by atoms with Gasteiger partial charge < -0.3 is 15.5 Å². The topological polar surface area (TPSA) is 81.8 Å². The number of carbonyl (C=O) groups is 3. The van der Waals surface area contributed by atoms with Crippen LogP contribution in [0.2, 0.25) is 0 Å². The van der Waals surface area contributed by atoms with Gasteiger partial charge in [0.05, 0.1) is 6.54 Å². The van der Waals surface area contributed by atoms with Crippen molar-refractivity contribution in [2.24, 2.45) is 0 Å². The fourth-order valence-electron chi connectivity index (χ4n) is 2.87. The van der Waals surface area contributed by atoms with Crippen molar-refractivity contribution in [1.29, 1.82) is 0 Å². The molecule has 2 saturated heterocycles. The van der Waals surface area contributed by atoms with E-state index in [1.807, 2.05) is 4.90 Å². The molecule has 2 aliphatic rings. The van der Waals surface area contributed by atoms with Gasteiger partial charge in [-0.05, 0) is 25.8 Å². The van der Waals surface area contributed by atoms with Gasteiger partial charge in [-0.3, -0.25) is 14.5 Å². The van der Waals surface area contributed by atoms with Gasteiger partial charge in [-0.15, -0.1) is 0 Å². The van der Waals surface area contributed by atoms with Crippen LogP contribution in [0, 0.1) is 0 Å². The summed E-state index contributed by atoms with van der Waals surface area (Å²) in [5, 5.41) is 5.76. The van der Waals surface area contributed by atoms with Gasteiger partial charge in [-0.25, -0.2) is 4.79 Å². The van der Waals surface area contributed by atoms with E-state index in [0.717, 1.165) is 32.5 Å². The van der Waals surface area contributed by atoms with Crippen molar-refractivity contribution in [2.45, 2.75) is 38.6 Å². The van der Waals surface area contributed by atoms with E-state index >= 15 is 0 Å². The van der Waals surface area contributed by atoms with Gasteiger partial charge in [0, 0.05) is 32.1 Å². The summed E-state index contributed by atoms with van der Waals surface area (Å²) in [5.74, 6) is -0.0875. The monoisotopic (exact) mass is 296 g/mol. The third-order valence-electron chi connectivity index (χ3n) is 3.97. The molecule has 0 aliphatic carbocycles. The molecule has 0 aromatic heterocycles. The number of nitrogens with zero attached hydrogens (tertiary/aromatic N) is 2. The molecule has 0 aromatic carbocycles. The lowest BCUT2D eigenvalue weighted by Gasteiger charge is -2.28. The lowest BCUT2D eigenvalue weighted by molar-refractivity contribution is -0.134. The van der Waals surface area contributed by atoms with E-state index in [1.165, 1.54) is 4.90 Å². The maximum absolute atomic E-state index is 12.4. The Bertz CT molecular complexity index is 391. The molecule has 0 spiro atoms. The van der Waals surface area contributed by atoms with E-state index < -0.39 is 0 Å². The molecule has 7 nitrogen and oxygen atoms in total. The van der Waals surface area contributed by atoms with Gasteiger partial charge in [0.2, 0.25) is 11.8 Å². The molecule has 7 heteroatoms. The van der Waals surface area contributed by atoms with Crippen molar-refractivity contribution in [3.8, 4) is 0 Å². The highest BCUT2D eigenvalue weighted by Crippen LogP contribution is 2.12. The minimum absolute atomic E-state index is 0.0719. The summed E-state index contributed by atoms with van der Waals surface area (Å²) < 4.78 is 0. The molecule has 2 N–H and O–H groups in total. The smallest absolute Gasteiger partial charge is 0.324 e. The van der Waals surface area contributed by atoms with Crippen molar-refractivity contribution in [1.82, 2.24) is 20.4 Å². The van der Waals surface area contributed by atoms with Crippen molar-refractivity contribution in [2.75, 3.05) is 32.7 Å². The quantitative estimate of drug-likeness (QED) is 0.644. The lowest BCUT2D eigenvalue weighted by Crippen LogP contribution is -2.42. The Labute approximate surface area is 125 Å². The molecule has 1 unspecified atom stereocenters. The number of carbonyl (C=O) groups excluding carboxylic acids is 3. The molecule has 2 heterocycles. The first-order valence-corrected chi connectivity index (χ1v) is 7.72. The molecular formula is C14H24N4O3. The molecule has 21 heavy (non-hydrogen) atoms. The zero-order valence-corrected chi connectivity index (χ0v) is 12.6. The van der Waals surface area contributed by atoms with Gasteiger partial charge in [-0.1, -0.05) is 6.92 Å². The predicted octanol–water partition coefficient (Wildman–Crippen LogP) is -0.0811. The van der Waals surface area contributed by atoms with Crippen LogP contribution in [0.25, 0.3) is 0 Å². The Morgan fingerprint density at radius 1 is 1.43 bits per heavy atom. The highest BCUT2D eigenvalue weighted by molar-refractivity contribution is 6.01. The standard InChI is InChI=1S/C14H24N4O3/c1-2-7-17(11-5-6-15-9-11)12(19)4-3-8-18-13(20)10-16-14(18)21/h11,15H,2-10H2,1H3,(H,16,21). The highest BCUT2D eigenvalue weighted by Gasteiger charge is 2.29. The third-order valence-corrected chi connectivity index (χ3v) is 3.97. The molecule has 0 radical (unpaired) electrons. The molecule has 2 fully saturated rings.